The minimum atomic E-state index is -4.15. The zero-order chi connectivity index (χ0) is 25.2. The van der Waals surface area contributed by atoms with Crippen LogP contribution in [-0.2, 0) is 12.8 Å². The van der Waals surface area contributed by atoms with Gasteiger partial charge in [-0.1, -0.05) is 50.5 Å². The summed E-state index contributed by atoms with van der Waals surface area (Å²) in [5.74, 6) is 0.172. The van der Waals surface area contributed by atoms with Gasteiger partial charge in [0, 0.05) is 11.8 Å². The van der Waals surface area contributed by atoms with Gasteiger partial charge in [0.25, 0.3) is 0 Å². The summed E-state index contributed by atoms with van der Waals surface area (Å²) in [6, 6.07) is 8.36. The highest BCUT2D eigenvalue weighted by atomic mass is 19.4. The fourth-order valence-electron chi connectivity index (χ4n) is 5.53. The number of rotatable bonds is 7. The second-order valence-corrected chi connectivity index (χ2v) is 10.1. The van der Waals surface area contributed by atoms with Crippen LogP contribution in [0.2, 0.25) is 0 Å². The van der Waals surface area contributed by atoms with Crippen LogP contribution in [-0.4, -0.2) is 18.3 Å². The molecule has 0 amide bonds. The fourth-order valence-corrected chi connectivity index (χ4v) is 5.53. The SMILES string of the molecule is CCC1=C(c2ccc(CCC(C)C(F)(F)F)cn2)C=C(C2CCCC2)Cc2cc(C)c(OC)cc21. The van der Waals surface area contributed by atoms with Crippen molar-refractivity contribution < 1.29 is 17.9 Å². The molecular formula is C30H36F3NO. The molecule has 1 unspecified atom stereocenters. The first-order chi connectivity index (χ1) is 16.7. The van der Waals surface area contributed by atoms with Gasteiger partial charge in [-0.25, -0.2) is 0 Å². The molecule has 4 rings (SSSR count). The van der Waals surface area contributed by atoms with E-state index in [2.05, 4.69) is 32.1 Å². The van der Waals surface area contributed by atoms with Crippen molar-refractivity contribution in [3.63, 3.8) is 0 Å². The van der Waals surface area contributed by atoms with E-state index in [1.807, 2.05) is 12.1 Å². The summed E-state index contributed by atoms with van der Waals surface area (Å²) in [5, 5.41) is 0. The molecule has 2 nitrogen and oxygen atoms in total. The molecular weight excluding hydrogens is 447 g/mol. The predicted molar refractivity (Wildman–Crippen MR) is 136 cm³/mol. The van der Waals surface area contributed by atoms with Gasteiger partial charge in [-0.15, -0.1) is 0 Å². The molecule has 35 heavy (non-hydrogen) atoms. The molecule has 1 fully saturated rings. The van der Waals surface area contributed by atoms with Crippen LogP contribution in [0.3, 0.4) is 0 Å². The van der Waals surface area contributed by atoms with Crippen LogP contribution in [0.15, 0.2) is 42.1 Å². The van der Waals surface area contributed by atoms with Crippen LogP contribution in [0, 0.1) is 18.8 Å². The summed E-state index contributed by atoms with van der Waals surface area (Å²) in [4.78, 5) is 4.76. The Hall–Kier alpha value is -2.56. The van der Waals surface area contributed by atoms with E-state index in [1.165, 1.54) is 54.9 Å². The van der Waals surface area contributed by atoms with Gasteiger partial charge in [0.05, 0.1) is 18.7 Å². The van der Waals surface area contributed by atoms with E-state index in [1.54, 1.807) is 13.3 Å². The smallest absolute Gasteiger partial charge is 0.391 e. The number of aryl methyl sites for hydroxylation is 2. The van der Waals surface area contributed by atoms with Gasteiger partial charge < -0.3 is 4.74 Å². The standard InChI is InChI=1S/C30H36F3NO/c1-5-25-26-17-29(35-4)19(2)14-24(26)15-23(22-8-6-7-9-22)16-27(25)28-13-12-21(18-34-28)11-10-20(3)30(31,32)33/h12-14,16-18,20,22H,5-11,15H2,1-4H3. The van der Waals surface area contributed by atoms with E-state index < -0.39 is 12.1 Å². The quantitative estimate of drug-likeness (QED) is 0.394. The highest BCUT2D eigenvalue weighted by molar-refractivity contribution is 5.97. The van der Waals surface area contributed by atoms with Crippen LogP contribution < -0.4 is 4.74 Å². The van der Waals surface area contributed by atoms with Crippen LogP contribution in [0.25, 0.3) is 11.1 Å². The molecule has 0 radical (unpaired) electrons. The van der Waals surface area contributed by atoms with Gasteiger partial charge in [-0.05, 0) is 91.3 Å². The lowest BCUT2D eigenvalue weighted by molar-refractivity contribution is -0.170. The van der Waals surface area contributed by atoms with E-state index in [0.29, 0.717) is 12.3 Å². The van der Waals surface area contributed by atoms with Crippen molar-refractivity contribution in [2.45, 2.75) is 78.3 Å². The second kappa shape index (κ2) is 10.6. The third kappa shape index (κ3) is 5.65. The van der Waals surface area contributed by atoms with E-state index >= 15 is 0 Å². The summed E-state index contributed by atoms with van der Waals surface area (Å²) >= 11 is 0. The number of fused-ring (bicyclic) bond motifs is 1. The van der Waals surface area contributed by atoms with E-state index in [-0.39, 0.29) is 6.42 Å². The Bertz CT molecular complexity index is 1110. The van der Waals surface area contributed by atoms with Gasteiger partial charge >= 0.3 is 6.18 Å². The molecule has 2 aromatic rings. The molecule has 2 aliphatic rings. The lowest BCUT2D eigenvalue weighted by Gasteiger charge is -2.17. The van der Waals surface area contributed by atoms with Gasteiger partial charge in [0.1, 0.15) is 5.75 Å². The molecule has 1 saturated carbocycles. The number of methoxy groups -OCH3 is 1. The summed E-state index contributed by atoms with van der Waals surface area (Å²) in [7, 11) is 1.71. The minimum Gasteiger partial charge on any atom is -0.496 e. The Morgan fingerprint density at radius 2 is 1.89 bits per heavy atom. The number of benzene rings is 1. The lowest BCUT2D eigenvalue weighted by atomic mass is 9.89. The molecule has 1 aromatic heterocycles. The van der Waals surface area contributed by atoms with Crippen molar-refractivity contribution in [2.75, 3.05) is 7.11 Å². The normalized spacial score (nSPS) is 17.7. The van der Waals surface area contributed by atoms with Crippen molar-refractivity contribution in [3.05, 3.63) is 70.1 Å². The van der Waals surface area contributed by atoms with Gasteiger partial charge in [0.15, 0.2) is 0 Å². The maximum Gasteiger partial charge on any atom is 0.391 e. The van der Waals surface area contributed by atoms with E-state index in [0.717, 1.165) is 41.0 Å². The number of alkyl halides is 3. The largest absolute Gasteiger partial charge is 0.496 e. The molecule has 188 valence electrons. The van der Waals surface area contributed by atoms with Gasteiger partial charge in [0.2, 0.25) is 0 Å². The van der Waals surface area contributed by atoms with Crippen molar-refractivity contribution in [1.82, 2.24) is 4.98 Å². The molecule has 0 bridgehead atoms. The molecule has 0 aliphatic heterocycles. The molecule has 1 atom stereocenters. The number of allylic oxidation sites excluding steroid dienone is 4. The average molecular weight is 484 g/mol. The third-order valence-electron chi connectivity index (χ3n) is 7.75. The molecule has 2 aliphatic carbocycles. The number of aromatic nitrogens is 1. The third-order valence-corrected chi connectivity index (χ3v) is 7.75. The van der Waals surface area contributed by atoms with Crippen molar-refractivity contribution >= 4 is 11.1 Å². The molecule has 0 spiro atoms. The highest BCUT2D eigenvalue weighted by Crippen LogP contribution is 2.42. The summed E-state index contributed by atoms with van der Waals surface area (Å²) < 4.78 is 44.4. The summed E-state index contributed by atoms with van der Waals surface area (Å²) in [6.07, 6.45) is 7.22. The fraction of sp³-hybridized carbons (Fsp3) is 0.500. The molecule has 0 saturated heterocycles. The number of ether oxygens (including phenoxy) is 1. The molecule has 5 heteroatoms. The first-order valence-electron chi connectivity index (χ1n) is 12.8. The molecule has 1 aromatic carbocycles. The Kier molecular flexibility index (Phi) is 7.73. The second-order valence-electron chi connectivity index (χ2n) is 10.1. The predicted octanol–water partition coefficient (Wildman–Crippen LogP) is 8.52. The van der Waals surface area contributed by atoms with E-state index in [9.17, 15) is 13.2 Å². The zero-order valence-corrected chi connectivity index (χ0v) is 21.3. The Labute approximate surface area is 207 Å². The van der Waals surface area contributed by atoms with Crippen molar-refractivity contribution in [1.29, 1.82) is 0 Å². The maximum absolute atomic E-state index is 12.9. The minimum absolute atomic E-state index is 0.0751. The average Bonchev–Trinajstić information content (AvgIpc) is 3.32. The summed E-state index contributed by atoms with van der Waals surface area (Å²) in [6.45, 7) is 5.51. The number of halogens is 3. The Morgan fingerprint density at radius 1 is 1.14 bits per heavy atom. The number of nitrogens with zero attached hydrogens (tertiary/aromatic N) is 1. The number of hydrogen-bond acceptors (Lipinski definition) is 2. The monoisotopic (exact) mass is 483 g/mol. The van der Waals surface area contributed by atoms with Crippen LogP contribution in [0.4, 0.5) is 13.2 Å². The first kappa shape index (κ1) is 25.5. The van der Waals surface area contributed by atoms with Crippen LogP contribution in [0.1, 0.15) is 80.3 Å². The zero-order valence-electron chi connectivity index (χ0n) is 21.3. The highest BCUT2D eigenvalue weighted by Gasteiger charge is 2.35. The van der Waals surface area contributed by atoms with Gasteiger partial charge in [-0.3, -0.25) is 4.98 Å². The van der Waals surface area contributed by atoms with E-state index in [4.69, 9.17) is 9.72 Å². The Balaban J connectivity index is 1.74. The van der Waals surface area contributed by atoms with Crippen molar-refractivity contribution in [3.8, 4) is 5.75 Å². The molecule has 1 heterocycles. The number of pyridine rings is 1. The summed E-state index contributed by atoms with van der Waals surface area (Å²) in [5.41, 5.74) is 9.28. The van der Waals surface area contributed by atoms with Crippen LogP contribution >= 0.6 is 0 Å². The first-order valence-corrected chi connectivity index (χ1v) is 12.8. The number of hydrogen-bond donors (Lipinski definition) is 0. The van der Waals surface area contributed by atoms with Crippen LogP contribution in [0.5, 0.6) is 5.75 Å². The van der Waals surface area contributed by atoms with Crippen molar-refractivity contribution in [2.24, 2.45) is 11.8 Å². The molecule has 0 N–H and O–H groups in total. The topological polar surface area (TPSA) is 22.1 Å². The Morgan fingerprint density at radius 3 is 2.49 bits per heavy atom. The van der Waals surface area contributed by atoms with Gasteiger partial charge in [-0.2, -0.15) is 13.2 Å². The lowest BCUT2D eigenvalue weighted by Crippen LogP contribution is -2.20. The maximum atomic E-state index is 12.9.